The number of hydrogen-bond acceptors (Lipinski definition) is 4. The normalized spacial score (nSPS) is 32.3. The third-order valence-electron chi connectivity index (χ3n) is 4.04. The third kappa shape index (κ3) is 2.51. The number of nitrogens with one attached hydrogen (secondary N) is 1. The molecule has 0 aromatic heterocycles. The van der Waals surface area contributed by atoms with Crippen LogP contribution in [-0.2, 0) is 14.3 Å². The van der Waals surface area contributed by atoms with Crippen molar-refractivity contribution in [3.8, 4) is 0 Å². The van der Waals surface area contributed by atoms with Crippen LogP contribution in [0.2, 0.25) is 0 Å². The lowest BCUT2D eigenvalue weighted by atomic mass is 9.91. The number of hydrogen-bond donors (Lipinski definition) is 1. The molecule has 18 heavy (non-hydrogen) atoms. The quantitative estimate of drug-likeness (QED) is 0.731. The maximum atomic E-state index is 12.5. The van der Waals surface area contributed by atoms with Gasteiger partial charge in [-0.1, -0.05) is 6.92 Å². The summed E-state index contributed by atoms with van der Waals surface area (Å²) in [4.78, 5) is 25.9. The minimum Gasteiger partial charge on any atom is -0.467 e. The Balaban J connectivity index is 2.05. The fourth-order valence-corrected chi connectivity index (χ4v) is 2.97. The molecular weight excluding hydrogens is 232 g/mol. The standard InChI is InChI=1S/C13H22N2O3/c1-9-5-3-7-14-11(9)12(16)15-8-4-6-10(15)13(17)18-2/h9-11,14H,3-8H2,1-2H3. The van der Waals surface area contributed by atoms with Crippen LogP contribution in [0.4, 0.5) is 0 Å². The Hall–Kier alpha value is -1.10. The fraction of sp³-hybridized carbons (Fsp3) is 0.846. The minimum absolute atomic E-state index is 0.0649. The van der Waals surface area contributed by atoms with Crippen molar-refractivity contribution in [1.82, 2.24) is 10.2 Å². The van der Waals surface area contributed by atoms with E-state index in [1.54, 1.807) is 4.90 Å². The second-order valence-electron chi connectivity index (χ2n) is 5.26. The maximum Gasteiger partial charge on any atom is 0.328 e. The highest BCUT2D eigenvalue weighted by molar-refractivity contribution is 5.88. The van der Waals surface area contributed by atoms with Gasteiger partial charge in [0.1, 0.15) is 6.04 Å². The molecule has 0 bridgehead atoms. The Morgan fingerprint density at radius 1 is 1.28 bits per heavy atom. The predicted molar refractivity (Wildman–Crippen MR) is 66.9 cm³/mol. The molecule has 5 heteroatoms. The van der Waals surface area contributed by atoms with Crippen LogP contribution in [0.1, 0.15) is 32.6 Å². The zero-order chi connectivity index (χ0) is 13.1. The zero-order valence-electron chi connectivity index (χ0n) is 11.1. The van der Waals surface area contributed by atoms with Crippen molar-refractivity contribution in [3.63, 3.8) is 0 Å². The molecule has 1 N–H and O–H groups in total. The van der Waals surface area contributed by atoms with Gasteiger partial charge in [-0.25, -0.2) is 4.79 Å². The molecule has 2 fully saturated rings. The monoisotopic (exact) mass is 254 g/mol. The van der Waals surface area contributed by atoms with Crippen molar-refractivity contribution in [2.75, 3.05) is 20.2 Å². The number of ether oxygens (including phenoxy) is 1. The van der Waals surface area contributed by atoms with Crippen LogP contribution in [-0.4, -0.2) is 49.1 Å². The number of likely N-dealkylation sites (tertiary alicyclic amines) is 1. The van der Waals surface area contributed by atoms with Crippen LogP contribution in [0.3, 0.4) is 0 Å². The minimum atomic E-state index is -0.376. The van der Waals surface area contributed by atoms with Crippen LogP contribution < -0.4 is 5.32 Å². The molecular formula is C13H22N2O3. The molecule has 3 unspecified atom stereocenters. The van der Waals surface area contributed by atoms with E-state index in [2.05, 4.69) is 12.2 Å². The first-order valence-electron chi connectivity index (χ1n) is 6.77. The molecule has 102 valence electrons. The highest BCUT2D eigenvalue weighted by Gasteiger charge is 2.39. The summed E-state index contributed by atoms with van der Waals surface area (Å²) in [7, 11) is 1.38. The van der Waals surface area contributed by atoms with Gasteiger partial charge in [0, 0.05) is 6.54 Å². The first-order valence-corrected chi connectivity index (χ1v) is 6.77. The molecule has 2 saturated heterocycles. The van der Waals surface area contributed by atoms with Gasteiger partial charge >= 0.3 is 5.97 Å². The molecule has 2 aliphatic rings. The average molecular weight is 254 g/mol. The Morgan fingerprint density at radius 2 is 2.06 bits per heavy atom. The summed E-state index contributed by atoms with van der Waals surface area (Å²) in [6.07, 6.45) is 3.79. The Labute approximate surface area is 108 Å². The maximum absolute atomic E-state index is 12.5. The smallest absolute Gasteiger partial charge is 0.328 e. The Bertz CT molecular complexity index is 332. The molecule has 2 heterocycles. The number of nitrogens with zero attached hydrogens (tertiary/aromatic N) is 1. The van der Waals surface area contributed by atoms with Crippen LogP contribution in [0.25, 0.3) is 0 Å². The predicted octanol–water partition coefficient (Wildman–Crippen LogP) is 0.538. The second kappa shape index (κ2) is 5.69. The molecule has 0 aromatic rings. The van der Waals surface area contributed by atoms with Crippen molar-refractivity contribution in [1.29, 1.82) is 0 Å². The second-order valence-corrected chi connectivity index (χ2v) is 5.26. The molecule has 2 aliphatic heterocycles. The molecule has 1 amide bonds. The summed E-state index contributed by atoms with van der Waals surface area (Å²) in [6, 6.07) is -0.512. The zero-order valence-corrected chi connectivity index (χ0v) is 11.1. The fourth-order valence-electron chi connectivity index (χ4n) is 2.97. The van der Waals surface area contributed by atoms with E-state index in [0.29, 0.717) is 12.5 Å². The molecule has 0 aromatic carbocycles. The van der Waals surface area contributed by atoms with Gasteiger partial charge in [0.25, 0.3) is 0 Å². The van der Waals surface area contributed by atoms with E-state index in [1.165, 1.54) is 7.11 Å². The van der Waals surface area contributed by atoms with E-state index >= 15 is 0 Å². The summed E-state index contributed by atoms with van der Waals surface area (Å²) in [5.74, 6) is 0.115. The van der Waals surface area contributed by atoms with Crippen molar-refractivity contribution < 1.29 is 14.3 Å². The van der Waals surface area contributed by atoms with Crippen molar-refractivity contribution in [2.24, 2.45) is 5.92 Å². The van der Waals surface area contributed by atoms with Crippen LogP contribution in [0.5, 0.6) is 0 Å². The molecule has 2 rings (SSSR count). The van der Waals surface area contributed by atoms with E-state index in [-0.39, 0.29) is 24.0 Å². The summed E-state index contributed by atoms with van der Waals surface area (Å²) < 4.78 is 4.78. The van der Waals surface area contributed by atoms with Crippen LogP contribution in [0, 0.1) is 5.92 Å². The molecule has 3 atom stereocenters. The SMILES string of the molecule is COC(=O)C1CCCN1C(=O)C1NCCCC1C. The topological polar surface area (TPSA) is 58.6 Å². The Kier molecular flexibility index (Phi) is 4.22. The first kappa shape index (κ1) is 13.3. The molecule has 0 saturated carbocycles. The molecule has 0 aliphatic carbocycles. The number of carbonyl (C=O) groups is 2. The lowest BCUT2D eigenvalue weighted by Crippen LogP contribution is -2.54. The van der Waals surface area contributed by atoms with Gasteiger partial charge in [-0.05, 0) is 38.1 Å². The Morgan fingerprint density at radius 3 is 2.72 bits per heavy atom. The highest BCUT2D eigenvalue weighted by Crippen LogP contribution is 2.23. The van der Waals surface area contributed by atoms with Gasteiger partial charge in [-0.2, -0.15) is 0 Å². The number of rotatable bonds is 2. The van der Waals surface area contributed by atoms with Gasteiger partial charge in [0.05, 0.1) is 13.2 Å². The van der Waals surface area contributed by atoms with Gasteiger partial charge in [-0.15, -0.1) is 0 Å². The van der Waals surface area contributed by atoms with E-state index in [4.69, 9.17) is 4.74 Å². The van der Waals surface area contributed by atoms with Gasteiger partial charge < -0.3 is 15.0 Å². The van der Waals surface area contributed by atoms with Crippen LogP contribution >= 0.6 is 0 Å². The third-order valence-corrected chi connectivity index (χ3v) is 4.04. The van der Waals surface area contributed by atoms with E-state index in [0.717, 1.165) is 32.2 Å². The van der Waals surface area contributed by atoms with Gasteiger partial charge in [0.15, 0.2) is 0 Å². The van der Waals surface area contributed by atoms with Gasteiger partial charge in [0.2, 0.25) is 5.91 Å². The lowest BCUT2D eigenvalue weighted by Gasteiger charge is -2.33. The largest absolute Gasteiger partial charge is 0.467 e. The first-order chi connectivity index (χ1) is 8.65. The summed E-state index contributed by atoms with van der Waals surface area (Å²) in [5.41, 5.74) is 0. The van der Waals surface area contributed by atoms with Gasteiger partial charge in [-0.3, -0.25) is 4.79 Å². The number of methoxy groups -OCH3 is 1. The number of amides is 1. The van der Waals surface area contributed by atoms with Crippen molar-refractivity contribution in [3.05, 3.63) is 0 Å². The van der Waals surface area contributed by atoms with Crippen LogP contribution in [0.15, 0.2) is 0 Å². The highest BCUT2D eigenvalue weighted by atomic mass is 16.5. The average Bonchev–Trinajstić information content (AvgIpc) is 2.86. The molecule has 0 radical (unpaired) electrons. The molecule has 0 spiro atoms. The molecule has 5 nitrogen and oxygen atoms in total. The van der Waals surface area contributed by atoms with E-state index in [9.17, 15) is 9.59 Å². The summed E-state index contributed by atoms with van der Waals surface area (Å²) in [5, 5.41) is 3.28. The lowest BCUT2D eigenvalue weighted by molar-refractivity contribution is -0.152. The van der Waals surface area contributed by atoms with Crippen molar-refractivity contribution >= 4 is 11.9 Å². The number of piperidine rings is 1. The van der Waals surface area contributed by atoms with E-state index < -0.39 is 0 Å². The van der Waals surface area contributed by atoms with E-state index in [1.807, 2.05) is 0 Å². The van der Waals surface area contributed by atoms with Crippen molar-refractivity contribution in [2.45, 2.75) is 44.7 Å². The summed E-state index contributed by atoms with van der Waals surface area (Å²) in [6.45, 7) is 3.65. The summed E-state index contributed by atoms with van der Waals surface area (Å²) >= 11 is 0. The number of carbonyl (C=O) groups excluding carboxylic acids is 2. The number of esters is 1.